The third-order valence-electron chi connectivity index (χ3n) is 3.93. The maximum absolute atomic E-state index is 12.6. The summed E-state index contributed by atoms with van der Waals surface area (Å²) in [7, 11) is 6.07. The SMILES string of the molecule is CCOc1ccc(CNC(=O)c2ccc(OC)c(OC)c2OC)cc1OC. The van der Waals surface area contributed by atoms with Crippen LogP contribution in [0, 0.1) is 0 Å². The summed E-state index contributed by atoms with van der Waals surface area (Å²) in [5.74, 6) is 2.17. The van der Waals surface area contributed by atoms with Crippen LogP contribution in [0.1, 0.15) is 22.8 Å². The lowest BCUT2D eigenvalue weighted by atomic mass is 10.1. The predicted molar refractivity (Wildman–Crippen MR) is 101 cm³/mol. The van der Waals surface area contributed by atoms with E-state index in [1.165, 1.54) is 21.3 Å². The lowest BCUT2D eigenvalue weighted by molar-refractivity contribution is 0.0947. The quantitative estimate of drug-likeness (QED) is 0.726. The van der Waals surface area contributed by atoms with Gasteiger partial charge in [0.15, 0.2) is 23.0 Å². The van der Waals surface area contributed by atoms with Crippen LogP contribution >= 0.6 is 0 Å². The Hall–Kier alpha value is -3.09. The molecule has 0 aliphatic rings. The summed E-state index contributed by atoms with van der Waals surface area (Å²) in [5.41, 5.74) is 1.23. The van der Waals surface area contributed by atoms with Crippen LogP contribution in [0.4, 0.5) is 0 Å². The van der Waals surface area contributed by atoms with Crippen molar-refractivity contribution < 1.29 is 28.5 Å². The van der Waals surface area contributed by atoms with E-state index in [1.54, 1.807) is 19.2 Å². The molecule has 27 heavy (non-hydrogen) atoms. The first kappa shape index (κ1) is 20.2. The molecule has 2 rings (SSSR count). The monoisotopic (exact) mass is 375 g/mol. The van der Waals surface area contributed by atoms with E-state index < -0.39 is 0 Å². The summed E-state index contributed by atoms with van der Waals surface area (Å²) in [6.45, 7) is 2.77. The Bertz CT molecular complexity index is 790. The second-order valence-corrected chi connectivity index (χ2v) is 5.48. The number of carbonyl (C=O) groups excluding carboxylic acids is 1. The van der Waals surface area contributed by atoms with Gasteiger partial charge in [0, 0.05) is 6.54 Å². The third kappa shape index (κ3) is 4.55. The first-order chi connectivity index (χ1) is 13.1. The molecule has 0 radical (unpaired) electrons. The van der Waals surface area contributed by atoms with Gasteiger partial charge in [0.2, 0.25) is 5.75 Å². The van der Waals surface area contributed by atoms with Crippen molar-refractivity contribution in [2.24, 2.45) is 0 Å². The zero-order valence-electron chi connectivity index (χ0n) is 16.3. The minimum Gasteiger partial charge on any atom is -0.493 e. The number of hydrogen-bond donors (Lipinski definition) is 1. The summed E-state index contributed by atoms with van der Waals surface area (Å²) >= 11 is 0. The molecule has 1 N–H and O–H groups in total. The fraction of sp³-hybridized carbons (Fsp3) is 0.350. The second kappa shape index (κ2) is 9.56. The van der Waals surface area contributed by atoms with Crippen LogP contribution in [0.3, 0.4) is 0 Å². The molecular weight excluding hydrogens is 350 g/mol. The minimum atomic E-state index is -0.291. The Labute approximate surface area is 159 Å². The number of amides is 1. The van der Waals surface area contributed by atoms with E-state index in [9.17, 15) is 4.79 Å². The largest absolute Gasteiger partial charge is 0.493 e. The van der Waals surface area contributed by atoms with Gasteiger partial charge in [-0.1, -0.05) is 6.07 Å². The van der Waals surface area contributed by atoms with Crippen LogP contribution in [0.2, 0.25) is 0 Å². The van der Waals surface area contributed by atoms with Gasteiger partial charge in [-0.25, -0.2) is 0 Å². The molecular formula is C20H25NO6. The van der Waals surface area contributed by atoms with Gasteiger partial charge in [0.1, 0.15) is 0 Å². The summed E-state index contributed by atoms with van der Waals surface area (Å²) in [6.07, 6.45) is 0. The fourth-order valence-electron chi connectivity index (χ4n) is 2.65. The second-order valence-electron chi connectivity index (χ2n) is 5.48. The maximum Gasteiger partial charge on any atom is 0.255 e. The fourth-order valence-corrected chi connectivity index (χ4v) is 2.65. The average molecular weight is 375 g/mol. The molecule has 0 fully saturated rings. The molecule has 0 saturated heterocycles. The van der Waals surface area contributed by atoms with Gasteiger partial charge in [-0.05, 0) is 36.8 Å². The molecule has 2 aromatic carbocycles. The molecule has 0 aliphatic heterocycles. The molecule has 2 aromatic rings. The van der Waals surface area contributed by atoms with E-state index in [-0.39, 0.29) is 5.91 Å². The zero-order valence-corrected chi connectivity index (χ0v) is 16.3. The molecule has 0 heterocycles. The Balaban J connectivity index is 2.19. The third-order valence-corrected chi connectivity index (χ3v) is 3.93. The zero-order chi connectivity index (χ0) is 19.8. The normalized spacial score (nSPS) is 10.1. The molecule has 0 aliphatic carbocycles. The summed E-state index contributed by atoms with van der Waals surface area (Å²) in [5, 5.41) is 2.87. The minimum absolute atomic E-state index is 0.291. The van der Waals surface area contributed by atoms with Crippen molar-refractivity contribution in [1.29, 1.82) is 0 Å². The molecule has 0 atom stereocenters. The van der Waals surface area contributed by atoms with Crippen molar-refractivity contribution in [3.8, 4) is 28.7 Å². The van der Waals surface area contributed by atoms with Gasteiger partial charge in [-0.3, -0.25) is 4.79 Å². The summed E-state index contributed by atoms with van der Waals surface area (Å²) in [6, 6.07) is 8.82. The smallest absolute Gasteiger partial charge is 0.255 e. The van der Waals surface area contributed by atoms with Crippen molar-refractivity contribution in [3.63, 3.8) is 0 Å². The Morgan fingerprint density at radius 3 is 2.11 bits per heavy atom. The first-order valence-corrected chi connectivity index (χ1v) is 8.46. The number of nitrogens with one attached hydrogen (secondary N) is 1. The van der Waals surface area contributed by atoms with Crippen molar-refractivity contribution in [1.82, 2.24) is 5.32 Å². The van der Waals surface area contributed by atoms with Gasteiger partial charge in [0.05, 0.1) is 40.6 Å². The number of ether oxygens (including phenoxy) is 5. The van der Waals surface area contributed by atoms with Gasteiger partial charge < -0.3 is 29.0 Å². The molecule has 146 valence electrons. The Morgan fingerprint density at radius 2 is 1.52 bits per heavy atom. The maximum atomic E-state index is 12.6. The van der Waals surface area contributed by atoms with Crippen LogP contribution in [0.5, 0.6) is 28.7 Å². The van der Waals surface area contributed by atoms with Gasteiger partial charge in [-0.15, -0.1) is 0 Å². The van der Waals surface area contributed by atoms with Crippen LogP contribution < -0.4 is 29.0 Å². The highest BCUT2D eigenvalue weighted by Crippen LogP contribution is 2.39. The number of hydrogen-bond acceptors (Lipinski definition) is 6. The number of carbonyl (C=O) groups is 1. The van der Waals surface area contributed by atoms with E-state index in [4.69, 9.17) is 23.7 Å². The topological polar surface area (TPSA) is 75.3 Å². The van der Waals surface area contributed by atoms with Gasteiger partial charge in [0.25, 0.3) is 5.91 Å². The molecule has 0 unspecified atom stereocenters. The standard InChI is InChI=1S/C20H25NO6/c1-6-27-15-9-7-13(11-17(15)24-3)12-21-20(22)14-8-10-16(23-2)19(26-5)18(14)25-4/h7-11H,6,12H2,1-5H3,(H,21,22). The van der Waals surface area contributed by atoms with Gasteiger partial charge in [-0.2, -0.15) is 0 Å². The van der Waals surface area contributed by atoms with Crippen LogP contribution in [-0.2, 0) is 6.54 Å². The predicted octanol–water partition coefficient (Wildman–Crippen LogP) is 3.05. The molecule has 0 bridgehead atoms. The Morgan fingerprint density at radius 1 is 0.852 bits per heavy atom. The van der Waals surface area contributed by atoms with E-state index in [0.717, 1.165) is 5.56 Å². The highest BCUT2D eigenvalue weighted by atomic mass is 16.5. The van der Waals surface area contributed by atoms with Crippen molar-refractivity contribution in [3.05, 3.63) is 41.5 Å². The summed E-state index contributed by atoms with van der Waals surface area (Å²) in [4.78, 5) is 12.6. The number of rotatable bonds is 9. The molecule has 0 aromatic heterocycles. The number of benzene rings is 2. The highest BCUT2D eigenvalue weighted by molar-refractivity contribution is 5.98. The molecule has 7 nitrogen and oxygen atoms in total. The lowest BCUT2D eigenvalue weighted by Gasteiger charge is -2.16. The van der Waals surface area contributed by atoms with Crippen LogP contribution in [-0.4, -0.2) is 41.0 Å². The first-order valence-electron chi connectivity index (χ1n) is 8.46. The molecule has 0 spiro atoms. The van der Waals surface area contributed by atoms with Crippen molar-refractivity contribution in [2.45, 2.75) is 13.5 Å². The molecule has 1 amide bonds. The van der Waals surface area contributed by atoms with Crippen LogP contribution in [0.25, 0.3) is 0 Å². The van der Waals surface area contributed by atoms with Crippen molar-refractivity contribution in [2.75, 3.05) is 35.0 Å². The van der Waals surface area contributed by atoms with Crippen molar-refractivity contribution >= 4 is 5.91 Å². The number of methoxy groups -OCH3 is 4. The Kier molecular flexibility index (Phi) is 7.16. The lowest BCUT2D eigenvalue weighted by Crippen LogP contribution is -2.23. The van der Waals surface area contributed by atoms with E-state index >= 15 is 0 Å². The highest BCUT2D eigenvalue weighted by Gasteiger charge is 2.20. The van der Waals surface area contributed by atoms with E-state index in [2.05, 4.69) is 5.32 Å². The summed E-state index contributed by atoms with van der Waals surface area (Å²) < 4.78 is 26.7. The molecule has 7 heteroatoms. The van der Waals surface area contributed by atoms with Gasteiger partial charge >= 0.3 is 0 Å². The average Bonchev–Trinajstić information content (AvgIpc) is 2.71. The van der Waals surface area contributed by atoms with E-state index in [1.807, 2.05) is 25.1 Å². The van der Waals surface area contributed by atoms with E-state index in [0.29, 0.717) is 47.5 Å². The molecule has 0 saturated carbocycles. The van der Waals surface area contributed by atoms with Crippen LogP contribution in [0.15, 0.2) is 30.3 Å².